The minimum atomic E-state index is 0. The van der Waals surface area contributed by atoms with Gasteiger partial charge in [0.25, 0.3) is 0 Å². The maximum atomic E-state index is 5.88. The van der Waals surface area contributed by atoms with Gasteiger partial charge in [-0.3, -0.25) is 4.90 Å². The zero-order chi connectivity index (χ0) is 11.4. The van der Waals surface area contributed by atoms with Crippen molar-refractivity contribution in [2.24, 2.45) is 5.73 Å². The fourth-order valence-electron chi connectivity index (χ4n) is 2.12. The first-order valence-electron chi connectivity index (χ1n) is 5.97. The van der Waals surface area contributed by atoms with E-state index in [1.807, 2.05) is 19.1 Å². The lowest BCUT2D eigenvalue weighted by atomic mass is 10.2. The molecule has 1 aromatic rings. The molecule has 1 fully saturated rings. The van der Waals surface area contributed by atoms with Crippen molar-refractivity contribution in [2.45, 2.75) is 25.9 Å². The molecule has 1 atom stereocenters. The van der Waals surface area contributed by atoms with E-state index in [-0.39, 0.29) is 12.4 Å². The molecule has 0 spiro atoms. The van der Waals surface area contributed by atoms with Crippen molar-refractivity contribution in [2.75, 3.05) is 19.7 Å². The third-order valence-electron chi connectivity index (χ3n) is 2.95. The highest BCUT2D eigenvalue weighted by Crippen LogP contribution is 2.16. The summed E-state index contributed by atoms with van der Waals surface area (Å²) in [6, 6.07) is 8.70. The Balaban J connectivity index is 0.00000144. The average Bonchev–Trinajstić information content (AvgIpc) is 2.67. The van der Waals surface area contributed by atoms with E-state index in [9.17, 15) is 0 Å². The van der Waals surface area contributed by atoms with E-state index in [1.54, 1.807) is 0 Å². The Kier molecular flexibility index (Phi) is 5.75. The van der Waals surface area contributed by atoms with Crippen molar-refractivity contribution in [3.63, 3.8) is 0 Å². The lowest BCUT2D eigenvalue weighted by Crippen LogP contribution is -2.26. The fourth-order valence-corrected chi connectivity index (χ4v) is 2.12. The number of hydrogen-bond donors (Lipinski definition) is 1. The van der Waals surface area contributed by atoms with Crippen molar-refractivity contribution in [1.29, 1.82) is 0 Å². The van der Waals surface area contributed by atoms with Crippen molar-refractivity contribution >= 4 is 12.4 Å². The zero-order valence-electron chi connectivity index (χ0n) is 10.3. The molecule has 0 bridgehead atoms. The van der Waals surface area contributed by atoms with Gasteiger partial charge in [-0.1, -0.05) is 12.1 Å². The summed E-state index contributed by atoms with van der Waals surface area (Å²) in [7, 11) is 0. The molecule has 0 radical (unpaired) electrons. The van der Waals surface area contributed by atoms with Crippen LogP contribution in [0.5, 0.6) is 5.75 Å². The number of nitrogens with zero attached hydrogens (tertiary/aromatic N) is 1. The van der Waals surface area contributed by atoms with Crippen molar-refractivity contribution < 1.29 is 4.74 Å². The van der Waals surface area contributed by atoms with Crippen LogP contribution >= 0.6 is 12.4 Å². The van der Waals surface area contributed by atoms with Crippen LogP contribution in [0.25, 0.3) is 0 Å². The van der Waals surface area contributed by atoms with Crippen LogP contribution in [0.4, 0.5) is 0 Å². The van der Waals surface area contributed by atoms with Gasteiger partial charge in [-0.05, 0) is 31.0 Å². The highest BCUT2D eigenvalue weighted by Gasteiger charge is 2.18. The number of likely N-dealkylation sites (tertiary alicyclic amines) is 1. The van der Waals surface area contributed by atoms with Gasteiger partial charge in [0.05, 0.1) is 6.61 Å². The van der Waals surface area contributed by atoms with Crippen LogP contribution in [0.2, 0.25) is 0 Å². The summed E-state index contributed by atoms with van der Waals surface area (Å²) in [5.74, 6) is 0.948. The first-order chi connectivity index (χ1) is 7.78. The molecule has 1 aliphatic heterocycles. The Labute approximate surface area is 109 Å². The predicted molar refractivity (Wildman–Crippen MR) is 72.7 cm³/mol. The maximum absolute atomic E-state index is 5.88. The molecule has 17 heavy (non-hydrogen) atoms. The van der Waals surface area contributed by atoms with Crippen LogP contribution in [-0.4, -0.2) is 30.6 Å². The van der Waals surface area contributed by atoms with Gasteiger partial charge in [0, 0.05) is 25.7 Å². The number of hydrogen-bond acceptors (Lipinski definition) is 3. The van der Waals surface area contributed by atoms with E-state index < -0.39 is 0 Å². The first kappa shape index (κ1) is 14.3. The second kappa shape index (κ2) is 6.84. The SMILES string of the molecule is CCOc1ccc(CN2CCC(N)C2)cc1.Cl. The van der Waals surface area contributed by atoms with Crippen molar-refractivity contribution in [1.82, 2.24) is 4.90 Å². The molecule has 0 aromatic heterocycles. The number of halogens is 1. The third-order valence-corrected chi connectivity index (χ3v) is 2.95. The second-order valence-electron chi connectivity index (χ2n) is 4.36. The topological polar surface area (TPSA) is 38.5 Å². The lowest BCUT2D eigenvalue weighted by Gasteiger charge is -2.15. The molecule has 0 saturated carbocycles. The predicted octanol–water partition coefficient (Wildman–Crippen LogP) is 2.04. The van der Waals surface area contributed by atoms with Gasteiger partial charge in [0.2, 0.25) is 0 Å². The number of nitrogens with two attached hydrogens (primary N) is 1. The zero-order valence-corrected chi connectivity index (χ0v) is 11.1. The molecule has 2 rings (SSSR count). The Morgan fingerprint density at radius 2 is 2.06 bits per heavy atom. The number of ether oxygens (including phenoxy) is 1. The molecular weight excluding hydrogens is 236 g/mol. The number of rotatable bonds is 4. The monoisotopic (exact) mass is 256 g/mol. The summed E-state index contributed by atoms with van der Waals surface area (Å²) >= 11 is 0. The molecular formula is C13H21ClN2O. The van der Waals surface area contributed by atoms with Gasteiger partial charge in [-0.15, -0.1) is 12.4 Å². The molecule has 1 unspecified atom stereocenters. The van der Waals surface area contributed by atoms with Gasteiger partial charge in [0.1, 0.15) is 5.75 Å². The van der Waals surface area contributed by atoms with E-state index >= 15 is 0 Å². The van der Waals surface area contributed by atoms with E-state index in [0.29, 0.717) is 6.04 Å². The first-order valence-corrected chi connectivity index (χ1v) is 5.97. The molecule has 1 heterocycles. The Morgan fingerprint density at radius 3 is 2.59 bits per heavy atom. The third kappa shape index (κ3) is 4.19. The Hall–Kier alpha value is -0.770. The van der Waals surface area contributed by atoms with E-state index in [4.69, 9.17) is 10.5 Å². The molecule has 0 amide bonds. The molecule has 1 aliphatic rings. The van der Waals surface area contributed by atoms with Crippen molar-refractivity contribution in [3.05, 3.63) is 29.8 Å². The normalized spacial score (nSPS) is 20.0. The maximum Gasteiger partial charge on any atom is 0.119 e. The Morgan fingerprint density at radius 1 is 1.35 bits per heavy atom. The lowest BCUT2D eigenvalue weighted by molar-refractivity contribution is 0.325. The molecule has 96 valence electrons. The van der Waals surface area contributed by atoms with E-state index in [0.717, 1.165) is 38.4 Å². The standard InChI is InChI=1S/C13H20N2O.ClH/c1-2-16-13-5-3-11(4-6-13)9-15-8-7-12(14)10-15;/h3-6,12H,2,7-10,14H2,1H3;1H. The van der Waals surface area contributed by atoms with Gasteiger partial charge in [-0.2, -0.15) is 0 Å². The number of benzene rings is 1. The van der Waals surface area contributed by atoms with Crippen LogP contribution in [0.15, 0.2) is 24.3 Å². The average molecular weight is 257 g/mol. The van der Waals surface area contributed by atoms with Gasteiger partial charge in [0.15, 0.2) is 0 Å². The molecule has 4 heteroatoms. The minimum absolute atomic E-state index is 0. The largest absolute Gasteiger partial charge is 0.494 e. The molecule has 0 aliphatic carbocycles. The quantitative estimate of drug-likeness (QED) is 0.896. The molecule has 3 nitrogen and oxygen atoms in total. The molecule has 1 aromatic carbocycles. The van der Waals surface area contributed by atoms with Crippen molar-refractivity contribution in [3.8, 4) is 5.75 Å². The van der Waals surface area contributed by atoms with Crippen LogP contribution in [0, 0.1) is 0 Å². The summed E-state index contributed by atoms with van der Waals surface area (Å²) in [5.41, 5.74) is 7.21. The Bertz CT molecular complexity index is 329. The van der Waals surface area contributed by atoms with Crippen LogP contribution < -0.4 is 10.5 Å². The van der Waals surface area contributed by atoms with Crippen LogP contribution in [-0.2, 0) is 6.54 Å². The second-order valence-corrected chi connectivity index (χ2v) is 4.36. The summed E-state index contributed by atoms with van der Waals surface area (Å²) in [5, 5.41) is 0. The fraction of sp³-hybridized carbons (Fsp3) is 0.538. The molecule has 1 saturated heterocycles. The van der Waals surface area contributed by atoms with Gasteiger partial charge >= 0.3 is 0 Å². The highest BCUT2D eigenvalue weighted by atomic mass is 35.5. The van der Waals surface area contributed by atoms with Gasteiger partial charge < -0.3 is 10.5 Å². The smallest absolute Gasteiger partial charge is 0.119 e. The summed E-state index contributed by atoms with van der Waals surface area (Å²) in [6.45, 7) is 5.86. The molecule has 2 N–H and O–H groups in total. The minimum Gasteiger partial charge on any atom is -0.494 e. The highest BCUT2D eigenvalue weighted by molar-refractivity contribution is 5.85. The summed E-state index contributed by atoms with van der Waals surface area (Å²) in [4.78, 5) is 2.40. The summed E-state index contributed by atoms with van der Waals surface area (Å²) in [6.07, 6.45) is 1.12. The van der Waals surface area contributed by atoms with Gasteiger partial charge in [-0.25, -0.2) is 0 Å². The summed E-state index contributed by atoms with van der Waals surface area (Å²) < 4.78 is 5.41. The van der Waals surface area contributed by atoms with E-state index in [2.05, 4.69) is 17.0 Å². The van der Waals surface area contributed by atoms with Crippen LogP contribution in [0.3, 0.4) is 0 Å². The van der Waals surface area contributed by atoms with Crippen LogP contribution in [0.1, 0.15) is 18.9 Å². The van der Waals surface area contributed by atoms with E-state index in [1.165, 1.54) is 5.56 Å².